The summed E-state index contributed by atoms with van der Waals surface area (Å²) < 4.78 is 1.84. The van der Waals surface area contributed by atoms with Crippen molar-refractivity contribution in [1.29, 1.82) is 0 Å². The molecule has 6 nitrogen and oxygen atoms in total. The van der Waals surface area contributed by atoms with Crippen molar-refractivity contribution < 1.29 is 14.7 Å². The molecule has 1 aliphatic rings. The Morgan fingerprint density at radius 2 is 1.81 bits per heavy atom. The SMILES string of the molecule is Cc1ccc(-n2nc(C(=O)N[C@H](C(=O)O)C(C)C)c3c2CCCC3)cc1. The summed E-state index contributed by atoms with van der Waals surface area (Å²) in [6.07, 6.45) is 3.74. The molecule has 0 aliphatic heterocycles. The van der Waals surface area contributed by atoms with Gasteiger partial charge in [-0.05, 0) is 50.7 Å². The number of hydrogen-bond acceptors (Lipinski definition) is 3. The molecule has 1 aliphatic carbocycles. The van der Waals surface area contributed by atoms with Gasteiger partial charge in [-0.1, -0.05) is 31.5 Å². The van der Waals surface area contributed by atoms with E-state index in [2.05, 4.69) is 10.4 Å². The molecule has 1 atom stereocenters. The Bertz CT molecular complexity index is 822. The molecule has 1 heterocycles. The summed E-state index contributed by atoms with van der Waals surface area (Å²) in [4.78, 5) is 24.2. The van der Waals surface area contributed by atoms with Crippen molar-refractivity contribution in [3.63, 3.8) is 0 Å². The van der Waals surface area contributed by atoms with E-state index >= 15 is 0 Å². The van der Waals surface area contributed by atoms with Gasteiger partial charge in [0.25, 0.3) is 5.91 Å². The van der Waals surface area contributed by atoms with Gasteiger partial charge in [-0.3, -0.25) is 4.79 Å². The second-order valence-corrected chi connectivity index (χ2v) is 7.26. The maximum atomic E-state index is 12.8. The predicted octanol–water partition coefficient (Wildman–Crippen LogP) is 2.90. The summed E-state index contributed by atoms with van der Waals surface area (Å²) in [5.74, 6) is -1.64. The molecular weight excluding hydrogens is 330 g/mol. The van der Waals surface area contributed by atoms with Crippen LogP contribution in [-0.2, 0) is 17.6 Å². The second-order valence-electron chi connectivity index (χ2n) is 7.26. The van der Waals surface area contributed by atoms with Crippen molar-refractivity contribution in [2.75, 3.05) is 0 Å². The van der Waals surface area contributed by atoms with Crippen LogP contribution in [0, 0.1) is 12.8 Å². The van der Waals surface area contributed by atoms with E-state index < -0.39 is 17.9 Å². The number of nitrogens with zero attached hydrogens (tertiary/aromatic N) is 2. The molecule has 138 valence electrons. The van der Waals surface area contributed by atoms with Crippen LogP contribution < -0.4 is 5.32 Å². The number of hydrogen-bond donors (Lipinski definition) is 2. The quantitative estimate of drug-likeness (QED) is 0.864. The number of carboxylic acids is 1. The van der Waals surface area contributed by atoms with Crippen LogP contribution in [0.15, 0.2) is 24.3 Å². The van der Waals surface area contributed by atoms with Crippen LogP contribution in [0.1, 0.15) is 54.0 Å². The number of rotatable bonds is 5. The highest BCUT2D eigenvalue weighted by atomic mass is 16.4. The summed E-state index contributed by atoms with van der Waals surface area (Å²) in [6.45, 7) is 5.58. The smallest absolute Gasteiger partial charge is 0.326 e. The van der Waals surface area contributed by atoms with Gasteiger partial charge in [0.2, 0.25) is 0 Å². The summed E-state index contributed by atoms with van der Waals surface area (Å²) in [5.41, 5.74) is 4.44. The number of nitrogens with one attached hydrogen (secondary N) is 1. The van der Waals surface area contributed by atoms with Crippen molar-refractivity contribution >= 4 is 11.9 Å². The lowest BCUT2D eigenvalue weighted by Gasteiger charge is -2.18. The average molecular weight is 355 g/mol. The highest BCUT2D eigenvalue weighted by molar-refractivity contribution is 5.96. The third-order valence-corrected chi connectivity index (χ3v) is 4.89. The summed E-state index contributed by atoms with van der Waals surface area (Å²) in [5, 5.41) is 16.6. The van der Waals surface area contributed by atoms with Gasteiger partial charge >= 0.3 is 5.97 Å². The molecule has 6 heteroatoms. The lowest BCUT2D eigenvalue weighted by Crippen LogP contribution is -2.44. The fraction of sp³-hybridized carbons (Fsp3) is 0.450. The van der Waals surface area contributed by atoms with Crippen LogP contribution in [0.3, 0.4) is 0 Å². The van der Waals surface area contributed by atoms with Crippen molar-refractivity contribution in [2.24, 2.45) is 5.92 Å². The van der Waals surface area contributed by atoms with Gasteiger partial charge < -0.3 is 10.4 Å². The Morgan fingerprint density at radius 1 is 1.15 bits per heavy atom. The molecule has 0 radical (unpaired) electrons. The summed E-state index contributed by atoms with van der Waals surface area (Å²) >= 11 is 0. The van der Waals surface area contributed by atoms with E-state index in [9.17, 15) is 14.7 Å². The van der Waals surface area contributed by atoms with Gasteiger partial charge in [0.1, 0.15) is 6.04 Å². The number of carboxylic acid groups (broad SMARTS) is 1. The van der Waals surface area contributed by atoms with E-state index in [0.717, 1.165) is 48.2 Å². The van der Waals surface area contributed by atoms with Gasteiger partial charge in [0.15, 0.2) is 5.69 Å². The monoisotopic (exact) mass is 355 g/mol. The van der Waals surface area contributed by atoms with E-state index in [4.69, 9.17) is 0 Å². The number of fused-ring (bicyclic) bond motifs is 1. The first kappa shape index (κ1) is 18.2. The first-order chi connectivity index (χ1) is 12.4. The normalized spacial score (nSPS) is 14.8. The largest absolute Gasteiger partial charge is 0.480 e. The lowest BCUT2D eigenvalue weighted by atomic mass is 9.95. The number of aromatic nitrogens is 2. The van der Waals surface area contributed by atoms with E-state index in [0.29, 0.717) is 5.69 Å². The van der Waals surface area contributed by atoms with Gasteiger partial charge in [0.05, 0.1) is 5.69 Å². The molecule has 2 N–H and O–H groups in total. The Kier molecular flexibility index (Phi) is 5.11. The first-order valence-electron chi connectivity index (χ1n) is 9.10. The van der Waals surface area contributed by atoms with E-state index in [1.54, 1.807) is 13.8 Å². The van der Waals surface area contributed by atoms with E-state index in [-0.39, 0.29) is 5.92 Å². The molecular formula is C20H25N3O3. The Balaban J connectivity index is 1.98. The molecule has 0 saturated carbocycles. The van der Waals surface area contributed by atoms with Crippen molar-refractivity contribution in [2.45, 2.75) is 52.5 Å². The van der Waals surface area contributed by atoms with Crippen LogP contribution in [-0.4, -0.2) is 32.8 Å². The predicted molar refractivity (Wildman–Crippen MR) is 98.7 cm³/mol. The molecule has 0 spiro atoms. The molecule has 0 saturated heterocycles. The summed E-state index contributed by atoms with van der Waals surface area (Å²) in [6, 6.07) is 7.10. The number of aliphatic carboxylic acids is 1. The highest BCUT2D eigenvalue weighted by Gasteiger charge is 2.29. The van der Waals surface area contributed by atoms with Crippen LogP contribution in [0.4, 0.5) is 0 Å². The van der Waals surface area contributed by atoms with Gasteiger partial charge in [-0.2, -0.15) is 5.10 Å². The fourth-order valence-electron chi connectivity index (χ4n) is 3.40. The third-order valence-electron chi connectivity index (χ3n) is 4.89. The minimum absolute atomic E-state index is 0.202. The zero-order valence-electron chi connectivity index (χ0n) is 15.5. The molecule has 1 aromatic heterocycles. The number of carbonyl (C=O) groups is 2. The lowest BCUT2D eigenvalue weighted by molar-refractivity contribution is -0.140. The molecule has 0 bridgehead atoms. The maximum absolute atomic E-state index is 12.8. The number of amides is 1. The van der Waals surface area contributed by atoms with Crippen LogP contribution in [0.5, 0.6) is 0 Å². The zero-order valence-corrected chi connectivity index (χ0v) is 15.5. The van der Waals surface area contributed by atoms with Crippen molar-refractivity contribution in [1.82, 2.24) is 15.1 Å². The Labute approximate surface area is 153 Å². The van der Waals surface area contributed by atoms with Crippen molar-refractivity contribution in [3.05, 3.63) is 46.8 Å². The molecule has 3 rings (SSSR count). The second kappa shape index (κ2) is 7.32. The molecule has 2 aromatic rings. The zero-order chi connectivity index (χ0) is 18.8. The fourth-order valence-corrected chi connectivity index (χ4v) is 3.40. The number of aryl methyl sites for hydroxylation is 1. The Morgan fingerprint density at radius 3 is 2.42 bits per heavy atom. The van der Waals surface area contributed by atoms with Gasteiger partial charge in [-0.25, -0.2) is 9.48 Å². The molecule has 1 amide bonds. The van der Waals surface area contributed by atoms with Crippen LogP contribution >= 0.6 is 0 Å². The average Bonchev–Trinajstić information content (AvgIpc) is 2.99. The van der Waals surface area contributed by atoms with E-state index in [1.165, 1.54) is 0 Å². The molecule has 1 aromatic carbocycles. The van der Waals surface area contributed by atoms with Gasteiger partial charge in [-0.15, -0.1) is 0 Å². The van der Waals surface area contributed by atoms with Gasteiger partial charge in [0, 0.05) is 11.3 Å². The molecule has 26 heavy (non-hydrogen) atoms. The minimum atomic E-state index is -1.03. The standard InChI is InChI=1S/C20H25N3O3/c1-12(2)17(20(25)26)21-19(24)18-15-6-4-5-7-16(15)23(22-18)14-10-8-13(3)9-11-14/h8-12,17H,4-7H2,1-3H3,(H,21,24)(H,25,26)/t17-/m0/s1. The Hall–Kier alpha value is -2.63. The van der Waals surface area contributed by atoms with Crippen LogP contribution in [0.2, 0.25) is 0 Å². The van der Waals surface area contributed by atoms with Crippen LogP contribution in [0.25, 0.3) is 5.69 Å². The molecule has 0 fully saturated rings. The summed E-state index contributed by atoms with van der Waals surface area (Å²) in [7, 11) is 0. The van der Waals surface area contributed by atoms with Crippen molar-refractivity contribution in [3.8, 4) is 5.69 Å². The van der Waals surface area contributed by atoms with E-state index in [1.807, 2.05) is 35.9 Å². The minimum Gasteiger partial charge on any atom is -0.480 e. The number of carbonyl (C=O) groups excluding carboxylic acids is 1. The number of benzene rings is 1. The molecule has 0 unspecified atom stereocenters. The third kappa shape index (κ3) is 3.49. The topological polar surface area (TPSA) is 84.2 Å². The highest BCUT2D eigenvalue weighted by Crippen LogP contribution is 2.27. The maximum Gasteiger partial charge on any atom is 0.326 e. The first-order valence-corrected chi connectivity index (χ1v) is 9.10.